The van der Waals surface area contributed by atoms with Crippen molar-refractivity contribution >= 4 is 0 Å². The van der Waals surface area contributed by atoms with Crippen LogP contribution < -0.4 is 0 Å². The molecule has 16 heavy (non-hydrogen) atoms. The highest BCUT2D eigenvalue weighted by molar-refractivity contribution is 4.95. The van der Waals surface area contributed by atoms with Crippen molar-refractivity contribution in [3.63, 3.8) is 0 Å². The SMILES string of the molecule is COCC(O)(CC1CC2CCC1C2)C(C)C. The summed E-state index contributed by atoms with van der Waals surface area (Å²) in [5.74, 6) is 2.90. The van der Waals surface area contributed by atoms with Crippen LogP contribution in [-0.2, 0) is 4.74 Å². The first kappa shape index (κ1) is 12.4. The first-order chi connectivity index (χ1) is 7.55. The second-order valence-corrected chi connectivity index (χ2v) is 6.33. The van der Waals surface area contributed by atoms with Gasteiger partial charge in [-0.05, 0) is 49.4 Å². The monoisotopic (exact) mass is 226 g/mol. The van der Waals surface area contributed by atoms with E-state index in [1.807, 2.05) is 0 Å². The molecule has 2 nitrogen and oxygen atoms in total. The van der Waals surface area contributed by atoms with Gasteiger partial charge in [0.1, 0.15) is 0 Å². The Balaban J connectivity index is 1.95. The maximum Gasteiger partial charge on any atom is 0.0905 e. The molecule has 0 heterocycles. The standard InChI is InChI=1S/C14H26O2/c1-10(2)14(15,9-16-3)8-13-7-11-4-5-12(13)6-11/h10-13,15H,4-9H2,1-3H3. The zero-order chi connectivity index (χ0) is 11.8. The van der Waals surface area contributed by atoms with Gasteiger partial charge in [0.2, 0.25) is 0 Å². The summed E-state index contributed by atoms with van der Waals surface area (Å²) in [5, 5.41) is 10.7. The number of methoxy groups -OCH3 is 1. The Morgan fingerprint density at radius 1 is 1.31 bits per heavy atom. The maximum atomic E-state index is 10.7. The zero-order valence-corrected chi connectivity index (χ0v) is 10.9. The minimum Gasteiger partial charge on any atom is -0.387 e. The van der Waals surface area contributed by atoms with Gasteiger partial charge in [-0.15, -0.1) is 0 Å². The van der Waals surface area contributed by atoms with Gasteiger partial charge in [0, 0.05) is 7.11 Å². The van der Waals surface area contributed by atoms with Crippen molar-refractivity contribution in [3.8, 4) is 0 Å². The highest BCUT2D eigenvalue weighted by atomic mass is 16.5. The molecule has 2 rings (SSSR count). The average Bonchev–Trinajstić information content (AvgIpc) is 2.79. The number of rotatable bonds is 5. The fourth-order valence-corrected chi connectivity index (χ4v) is 3.79. The smallest absolute Gasteiger partial charge is 0.0905 e. The lowest BCUT2D eigenvalue weighted by Crippen LogP contribution is -2.42. The fourth-order valence-electron chi connectivity index (χ4n) is 3.79. The van der Waals surface area contributed by atoms with Gasteiger partial charge in [-0.25, -0.2) is 0 Å². The van der Waals surface area contributed by atoms with E-state index in [0.29, 0.717) is 6.61 Å². The molecule has 2 bridgehead atoms. The van der Waals surface area contributed by atoms with Crippen molar-refractivity contribution in [2.45, 2.75) is 51.6 Å². The highest BCUT2D eigenvalue weighted by Crippen LogP contribution is 2.51. The van der Waals surface area contributed by atoms with Crippen LogP contribution in [0.1, 0.15) is 46.0 Å². The van der Waals surface area contributed by atoms with Crippen LogP contribution in [0.25, 0.3) is 0 Å². The zero-order valence-electron chi connectivity index (χ0n) is 10.9. The predicted octanol–water partition coefficient (Wildman–Crippen LogP) is 2.85. The number of ether oxygens (including phenoxy) is 1. The van der Waals surface area contributed by atoms with Gasteiger partial charge in [0.25, 0.3) is 0 Å². The Kier molecular flexibility index (Phi) is 3.60. The van der Waals surface area contributed by atoms with E-state index in [1.165, 1.54) is 25.7 Å². The van der Waals surface area contributed by atoms with Crippen molar-refractivity contribution in [2.75, 3.05) is 13.7 Å². The number of fused-ring (bicyclic) bond motifs is 2. The summed E-state index contributed by atoms with van der Waals surface area (Å²) in [6.45, 7) is 4.69. The second kappa shape index (κ2) is 4.66. The molecule has 0 spiro atoms. The van der Waals surface area contributed by atoms with E-state index < -0.39 is 5.60 Å². The van der Waals surface area contributed by atoms with Crippen molar-refractivity contribution < 1.29 is 9.84 Å². The van der Waals surface area contributed by atoms with Gasteiger partial charge in [-0.1, -0.05) is 20.3 Å². The van der Waals surface area contributed by atoms with Crippen LogP contribution in [-0.4, -0.2) is 24.4 Å². The molecule has 1 N–H and O–H groups in total. The molecule has 0 radical (unpaired) electrons. The van der Waals surface area contributed by atoms with Crippen LogP contribution in [0.2, 0.25) is 0 Å². The van der Waals surface area contributed by atoms with Gasteiger partial charge in [-0.3, -0.25) is 0 Å². The molecular formula is C14H26O2. The second-order valence-electron chi connectivity index (χ2n) is 6.33. The van der Waals surface area contributed by atoms with Crippen molar-refractivity contribution in [2.24, 2.45) is 23.7 Å². The Hall–Kier alpha value is -0.0800. The molecule has 2 aliphatic carbocycles. The molecule has 2 heteroatoms. The summed E-state index contributed by atoms with van der Waals surface area (Å²) in [6, 6.07) is 0. The Morgan fingerprint density at radius 3 is 2.50 bits per heavy atom. The lowest BCUT2D eigenvalue weighted by Gasteiger charge is -2.36. The molecule has 0 aromatic carbocycles. The summed E-state index contributed by atoms with van der Waals surface area (Å²) in [6.07, 6.45) is 6.55. The summed E-state index contributed by atoms with van der Waals surface area (Å²) in [7, 11) is 1.69. The van der Waals surface area contributed by atoms with E-state index in [-0.39, 0.29) is 5.92 Å². The molecular weight excluding hydrogens is 200 g/mol. The third-order valence-electron chi connectivity index (χ3n) is 4.97. The predicted molar refractivity (Wildman–Crippen MR) is 65.2 cm³/mol. The van der Waals surface area contributed by atoms with Gasteiger partial charge in [0.15, 0.2) is 0 Å². The molecule has 0 aromatic heterocycles. The summed E-state index contributed by atoms with van der Waals surface area (Å²) in [5.41, 5.74) is -0.607. The topological polar surface area (TPSA) is 29.5 Å². The van der Waals surface area contributed by atoms with Gasteiger partial charge in [-0.2, -0.15) is 0 Å². The normalized spacial score (nSPS) is 36.9. The van der Waals surface area contributed by atoms with E-state index >= 15 is 0 Å². The quantitative estimate of drug-likeness (QED) is 0.781. The number of hydrogen-bond acceptors (Lipinski definition) is 2. The maximum absolute atomic E-state index is 10.7. The van der Waals surface area contributed by atoms with E-state index in [1.54, 1.807) is 7.11 Å². The van der Waals surface area contributed by atoms with Crippen molar-refractivity contribution in [1.29, 1.82) is 0 Å². The Morgan fingerprint density at radius 2 is 2.06 bits per heavy atom. The van der Waals surface area contributed by atoms with E-state index in [2.05, 4.69) is 13.8 Å². The van der Waals surface area contributed by atoms with E-state index in [9.17, 15) is 5.11 Å². The molecule has 2 fully saturated rings. The van der Waals surface area contributed by atoms with Crippen LogP contribution in [0.15, 0.2) is 0 Å². The number of aliphatic hydroxyl groups is 1. The van der Waals surface area contributed by atoms with Crippen LogP contribution in [0.4, 0.5) is 0 Å². The molecule has 0 saturated heterocycles. The van der Waals surface area contributed by atoms with Crippen LogP contribution in [0.5, 0.6) is 0 Å². The lowest BCUT2D eigenvalue weighted by molar-refractivity contribution is -0.0837. The Bertz CT molecular complexity index is 239. The third kappa shape index (κ3) is 2.28. The minimum absolute atomic E-state index is 0.284. The van der Waals surface area contributed by atoms with Gasteiger partial charge >= 0.3 is 0 Å². The van der Waals surface area contributed by atoms with E-state index in [0.717, 1.165) is 24.2 Å². The first-order valence-electron chi connectivity index (χ1n) is 6.76. The molecule has 2 aliphatic rings. The average molecular weight is 226 g/mol. The molecule has 94 valence electrons. The third-order valence-corrected chi connectivity index (χ3v) is 4.97. The molecule has 2 saturated carbocycles. The van der Waals surface area contributed by atoms with Crippen LogP contribution >= 0.6 is 0 Å². The highest BCUT2D eigenvalue weighted by Gasteiger charge is 2.44. The molecule has 4 unspecified atom stereocenters. The fraction of sp³-hybridized carbons (Fsp3) is 1.00. The summed E-state index contributed by atoms with van der Waals surface area (Å²) in [4.78, 5) is 0. The molecule has 0 aliphatic heterocycles. The van der Waals surface area contributed by atoms with Gasteiger partial charge < -0.3 is 9.84 Å². The first-order valence-corrected chi connectivity index (χ1v) is 6.76. The van der Waals surface area contributed by atoms with Crippen molar-refractivity contribution in [1.82, 2.24) is 0 Å². The lowest BCUT2D eigenvalue weighted by atomic mass is 9.76. The minimum atomic E-state index is -0.607. The van der Waals surface area contributed by atoms with E-state index in [4.69, 9.17) is 4.74 Å². The molecule has 0 amide bonds. The number of hydrogen-bond donors (Lipinski definition) is 1. The van der Waals surface area contributed by atoms with Crippen LogP contribution in [0, 0.1) is 23.7 Å². The summed E-state index contributed by atoms with van der Waals surface area (Å²) >= 11 is 0. The Labute approximate surface area is 99.4 Å². The largest absolute Gasteiger partial charge is 0.387 e. The van der Waals surface area contributed by atoms with Crippen molar-refractivity contribution in [3.05, 3.63) is 0 Å². The van der Waals surface area contributed by atoms with Crippen LogP contribution in [0.3, 0.4) is 0 Å². The molecule has 0 aromatic rings. The van der Waals surface area contributed by atoms with Gasteiger partial charge in [0.05, 0.1) is 12.2 Å². The summed E-state index contributed by atoms with van der Waals surface area (Å²) < 4.78 is 5.21. The molecule has 4 atom stereocenters.